The monoisotopic (exact) mass is 394 g/mol. The molecule has 2 heterocycles. The van der Waals surface area contributed by atoms with E-state index in [2.05, 4.69) is 15.6 Å². The van der Waals surface area contributed by atoms with E-state index in [0.717, 1.165) is 0 Å². The van der Waals surface area contributed by atoms with Gasteiger partial charge in [-0.1, -0.05) is 0 Å². The van der Waals surface area contributed by atoms with Crippen molar-refractivity contribution in [2.75, 3.05) is 26.7 Å². The number of hydrogen-bond acceptors (Lipinski definition) is 6. The molecule has 0 atom stereocenters. The number of likely N-dealkylation sites (tertiary alicyclic amines) is 1. The minimum atomic E-state index is -0.504. The van der Waals surface area contributed by atoms with Gasteiger partial charge in [-0.3, -0.25) is 0 Å². The van der Waals surface area contributed by atoms with Crippen LogP contribution >= 0.6 is 0 Å². The maximum absolute atomic E-state index is 12.0. The fourth-order valence-electron chi connectivity index (χ4n) is 2.65. The SMILES string of the molecule is CCNC(=NCc1cc(C(=O)OC)c(C)o1)NC1CN(C(=O)OC(C)(C)C)C1. The Balaban J connectivity index is 1.90. The van der Waals surface area contributed by atoms with Crippen molar-refractivity contribution in [2.24, 2.45) is 4.99 Å². The Morgan fingerprint density at radius 1 is 1.36 bits per heavy atom. The number of methoxy groups -OCH3 is 1. The average Bonchev–Trinajstić information content (AvgIpc) is 2.93. The van der Waals surface area contributed by atoms with Crippen LogP contribution in [0.25, 0.3) is 0 Å². The van der Waals surface area contributed by atoms with Crippen molar-refractivity contribution < 1.29 is 23.5 Å². The Bertz CT molecular complexity index is 729. The quantitative estimate of drug-likeness (QED) is 0.447. The lowest BCUT2D eigenvalue weighted by molar-refractivity contribution is 0.00699. The summed E-state index contributed by atoms with van der Waals surface area (Å²) < 4.78 is 15.7. The smallest absolute Gasteiger partial charge is 0.410 e. The van der Waals surface area contributed by atoms with Crippen LogP contribution in [0.4, 0.5) is 4.79 Å². The lowest BCUT2D eigenvalue weighted by Gasteiger charge is -2.40. The number of nitrogens with zero attached hydrogens (tertiary/aromatic N) is 2. The second-order valence-corrected chi connectivity index (χ2v) is 7.60. The summed E-state index contributed by atoms with van der Waals surface area (Å²) in [6.45, 7) is 11.3. The third kappa shape index (κ3) is 5.90. The Labute approximate surface area is 165 Å². The first-order valence-electron chi connectivity index (χ1n) is 9.33. The van der Waals surface area contributed by atoms with Gasteiger partial charge in [0.25, 0.3) is 0 Å². The second-order valence-electron chi connectivity index (χ2n) is 7.60. The number of ether oxygens (including phenoxy) is 2. The number of aliphatic imine (C=N–C) groups is 1. The van der Waals surface area contributed by atoms with Gasteiger partial charge < -0.3 is 29.4 Å². The van der Waals surface area contributed by atoms with Crippen molar-refractivity contribution in [1.82, 2.24) is 15.5 Å². The number of carbonyl (C=O) groups is 2. The van der Waals surface area contributed by atoms with Gasteiger partial charge in [0.15, 0.2) is 5.96 Å². The van der Waals surface area contributed by atoms with E-state index in [-0.39, 0.29) is 18.7 Å². The van der Waals surface area contributed by atoms with E-state index in [9.17, 15) is 9.59 Å². The summed E-state index contributed by atoms with van der Waals surface area (Å²) in [5, 5.41) is 6.44. The van der Waals surface area contributed by atoms with Crippen LogP contribution < -0.4 is 10.6 Å². The van der Waals surface area contributed by atoms with E-state index < -0.39 is 11.6 Å². The molecule has 1 amide bonds. The van der Waals surface area contributed by atoms with Crippen LogP contribution in [0.5, 0.6) is 0 Å². The molecule has 0 bridgehead atoms. The predicted octanol–water partition coefficient (Wildman–Crippen LogP) is 2.05. The molecule has 0 aromatic carbocycles. The van der Waals surface area contributed by atoms with Crippen LogP contribution in [0.2, 0.25) is 0 Å². The first kappa shape index (κ1) is 21.6. The summed E-state index contributed by atoms with van der Waals surface area (Å²) in [6, 6.07) is 1.73. The molecule has 0 unspecified atom stereocenters. The summed E-state index contributed by atoms with van der Waals surface area (Å²) >= 11 is 0. The minimum absolute atomic E-state index is 0.0919. The molecular weight excluding hydrogens is 364 g/mol. The van der Waals surface area contributed by atoms with E-state index in [4.69, 9.17) is 13.9 Å². The van der Waals surface area contributed by atoms with Gasteiger partial charge in [0.05, 0.1) is 13.2 Å². The van der Waals surface area contributed by atoms with E-state index in [1.165, 1.54) is 7.11 Å². The topological polar surface area (TPSA) is 105 Å². The molecule has 1 aliphatic heterocycles. The van der Waals surface area contributed by atoms with Crippen molar-refractivity contribution in [1.29, 1.82) is 0 Å². The standard InChI is InChI=1S/C19H30N4O5/c1-7-20-17(21-9-14-8-15(12(2)27-14)16(24)26-6)22-13-10-23(11-13)18(25)28-19(3,4)5/h8,13H,7,9-11H2,1-6H3,(H2,20,21,22). The second kappa shape index (κ2) is 8.99. The summed E-state index contributed by atoms with van der Waals surface area (Å²) in [5.74, 6) is 1.25. The predicted molar refractivity (Wildman–Crippen MR) is 104 cm³/mol. The van der Waals surface area contributed by atoms with Crippen LogP contribution in [-0.2, 0) is 16.0 Å². The van der Waals surface area contributed by atoms with Crippen molar-refractivity contribution in [3.05, 3.63) is 23.2 Å². The van der Waals surface area contributed by atoms with Gasteiger partial charge >= 0.3 is 12.1 Å². The molecule has 9 heteroatoms. The Hall–Kier alpha value is -2.71. The van der Waals surface area contributed by atoms with Crippen molar-refractivity contribution >= 4 is 18.0 Å². The van der Waals surface area contributed by atoms with Gasteiger partial charge in [-0.15, -0.1) is 0 Å². The number of furan rings is 1. The molecule has 1 saturated heterocycles. The van der Waals surface area contributed by atoms with Crippen LogP contribution in [0, 0.1) is 6.92 Å². The molecule has 2 N–H and O–H groups in total. The zero-order chi connectivity index (χ0) is 20.9. The van der Waals surface area contributed by atoms with E-state index in [1.807, 2.05) is 27.7 Å². The molecule has 0 radical (unpaired) electrons. The molecule has 2 rings (SSSR count). The molecule has 1 aromatic heterocycles. The molecule has 156 valence electrons. The minimum Gasteiger partial charge on any atom is -0.465 e. The molecule has 0 aliphatic carbocycles. The van der Waals surface area contributed by atoms with Gasteiger partial charge in [-0.05, 0) is 40.7 Å². The first-order chi connectivity index (χ1) is 13.1. The van der Waals surface area contributed by atoms with Crippen LogP contribution in [-0.4, -0.2) is 61.3 Å². The highest BCUT2D eigenvalue weighted by molar-refractivity contribution is 5.90. The number of esters is 1. The third-order valence-electron chi connectivity index (χ3n) is 3.99. The van der Waals surface area contributed by atoms with Crippen molar-refractivity contribution in [2.45, 2.75) is 52.8 Å². The van der Waals surface area contributed by atoms with Gasteiger partial charge in [-0.25, -0.2) is 14.6 Å². The molecule has 1 fully saturated rings. The molecule has 1 aromatic rings. The Morgan fingerprint density at radius 2 is 2.04 bits per heavy atom. The van der Waals surface area contributed by atoms with E-state index in [0.29, 0.717) is 42.7 Å². The molecule has 9 nitrogen and oxygen atoms in total. The highest BCUT2D eigenvalue weighted by Gasteiger charge is 2.34. The number of carbonyl (C=O) groups excluding carboxylic acids is 2. The molecule has 0 saturated carbocycles. The van der Waals surface area contributed by atoms with Gasteiger partial charge in [0.1, 0.15) is 29.2 Å². The Kier molecular flexibility index (Phi) is 6.93. The number of guanidine groups is 1. The molecular formula is C19H30N4O5. The van der Waals surface area contributed by atoms with E-state index >= 15 is 0 Å². The van der Waals surface area contributed by atoms with Crippen LogP contribution in [0.3, 0.4) is 0 Å². The number of nitrogens with one attached hydrogen (secondary N) is 2. The van der Waals surface area contributed by atoms with Gasteiger partial charge in [-0.2, -0.15) is 0 Å². The number of rotatable bonds is 5. The fourth-order valence-corrected chi connectivity index (χ4v) is 2.65. The van der Waals surface area contributed by atoms with Crippen LogP contribution in [0.15, 0.2) is 15.5 Å². The van der Waals surface area contributed by atoms with Gasteiger partial charge in [0, 0.05) is 19.6 Å². The largest absolute Gasteiger partial charge is 0.465 e. The van der Waals surface area contributed by atoms with Gasteiger partial charge in [0.2, 0.25) is 0 Å². The highest BCUT2D eigenvalue weighted by atomic mass is 16.6. The number of amides is 1. The van der Waals surface area contributed by atoms with Crippen molar-refractivity contribution in [3.63, 3.8) is 0 Å². The molecule has 28 heavy (non-hydrogen) atoms. The normalized spacial score (nSPS) is 15.1. The summed E-state index contributed by atoms with van der Waals surface area (Å²) in [6.07, 6.45) is -0.311. The van der Waals surface area contributed by atoms with Crippen molar-refractivity contribution in [3.8, 4) is 0 Å². The molecule has 1 aliphatic rings. The maximum atomic E-state index is 12.0. The lowest BCUT2D eigenvalue weighted by atomic mass is 10.1. The fraction of sp³-hybridized carbons (Fsp3) is 0.632. The highest BCUT2D eigenvalue weighted by Crippen LogP contribution is 2.17. The number of hydrogen-bond donors (Lipinski definition) is 2. The summed E-state index contributed by atoms with van der Waals surface area (Å²) in [5.41, 5.74) is -0.103. The molecule has 0 spiro atoms. The number of aryl methyl sites for hydroxylation is 1. The first-order valence-corrected chi connectivity index (χ1v) is 9.33. The average molecular weight is 394 g/mol. The third-order valence-corrected chi connectivity index (χ3v) is 3.99. The summed E-state index contributed by atoms with van der Waals surface area (Å²) in [7, 11) is 1.33. The maximum Gasteiger partial charge on any atom is 0.410 e. The van der Waals surface area contributed by atoms with Crippen LogP contribution in [0.1, 0.15) is 49.6 Å². The lowest BCUT2D eigenvalue weighted by Crippen LogP contribution is -2.63. The van der Waals surface area contributed by atoms with E-state index in [1.54, 1.807) is 17.9 Å². The zero-order valence-corrected chi connectivity index (χ0v) is 17.4. The summed E-state index contributed by atoms with van der Waals surface area (Å²) in [4.78, 5) is 29.8. The Morgan fingerprint density at radius 3 is 2.61 bits per heavy atom. The zero-order valence-electron chi connectivity index (χ0n) is 17.4.